The molecule has 4 heteroatoms. The van der Waals surface area contributed by atoms with Crippen molar-refractivity contribution in [1.82, 2.24) is 0 Å². The molecule has 1 aromatic carbocycles. The number of rotatable bonds is 4. The first-order chi connectivity index (χ1) is 6.76. The van der Waals surface area contributed by atoms with Gasteiger partial charge in [-0.1, -0.05) is 24.5 Å². The molecule has 0 unspecified atom stereocenters. The summed E-state index contributed by atoms with van der Waals surface area (Å²) >= 11 is 0. The van der Waals surface area contributed by atoms with Crippen LogP contribution in [0.1, 0.15) is 19.8 Å². The van der Waals surface area contributed by atoms with Crippen molar-refractivity contribution >= 4 is 24.5 Å². The molecule has 0 saturated carbocycles. The van der Waals surface area contributed by atoms with Crippen LogP contribution in [-0.4, -0.2) is 18.4 Å². The zero-order valence-corrected chi connectivity index (χ0v) is 8.29. The number of hydrogen-bond acceptors (Lipinski definition) is 2. The molecule has 0 aromatic heterocycles. The molecule has 1 rings (SSSR count). The fraction of sp³-hybridized carbons (Fsp3) is 0.300. The lowest BCUT2D eigenvalue weighted by molar-refractivity contribution is -0.116. The van der Waals surface area contributed by atoms with Gasteiger partial charge in [0.05, 0.1) is 0 Å². The Morgan fingerprint density at radius 1 is 1.43 bits per heavy atom. The number of benzene rings is 1. The van der Waals surface area contributed by atoms with Crippen LogP contribution in [0.2, 0.25) is 0 Å². The van der Waals surface area contributed by atoms with Crippen LogP contribution in [0.5, 0.6) is 0 Å². The van der Waals surface area contributed by atoms with Crippen molar-refractivity contribution in [2.45, 2.75) is 19.8 Å². The Morgan fingerprint density at radius 3 is 2.57 bits per heavy atom. The number of hydrogen-bond donors (Lipinski definition) is 2. The Labute approximate surface area is 84.4 Å². The summed E-state index contributed by atoms with van der Waals surface area (Å²) in [4.78, 5) is 11.2. The second-order valence-electron chi connectivity index (χ2n) is 3.15. The highest BCUT2D eigenvalue weighted by Crippen LogP contribution is 2.04. The Kier molecular flexibility index (Phi) is 4.20. The summed E-state index contributed by atoms with van der Waals surface area (Å²) in [7, 11) is 0.0309. The summed E-state index contributed by atoms with van der Waals surface area (Å²) in [6, 6.07) is 7.17. The van der Waals surface area contributed by atoms with Crippen LogP contribution in [0, 0.1) is 0 Å². The summed E-state index contributed by atoms with van der Waals surface area (Å²) in [5, 5.41) is 11.6. The average molecular weight is 191 g/mol. The topological polar surface area (TPSA) is 49.3 Å². The standard InChI is InChI=1S/C10H14BNO2/c1-2-3-10(13)12-9-6-4-8(11-14)5-7-9/h4-7,11,14H,2-3H2,1H3,(H,12,13). The summed E-state index contributed by atoms with van der Waals surface area (Å²) < 4.78 is 0. The van der Waals surface area contributed by atoms with E-state index in [0.717, 1.165) is 17.6 Å². The van der Waals surface area contributed by atoms with Gasteiger partial charge in [0.1, 0.15) is 0 Å². The van der Waals surface area contributed by atoms with Crippen molar-refractivity contribution < 1.29 is 9.82 Å². The minimum absolute atomic E-state index is 0.0309. The first kappa shape index (κ1) is 10.8. The molecule has 0 aliphatic heterocycles. The molecule has 0 radical (unpaired) electrons. The van der Waals surface area contributed by atoms with E-state index in [1.165, 1.54) is 0 Å². The van der Waals surface area contributed by atoms with Crippen molar-refractivity contribution in [1.29, 1.82) is 0 Å². The molecular formula is C10H14BNO2. The number of carbonyl (C=O) groups is 1. The van der Waals surface area contributed by atoms with E-state index in [9.17, 15) is 4.79 Å². The van der Waals surface area contributed by atoms with Gasteiger partial charge in [-0.3, -0.25) is 4.79 Å². The summed E-state index contributed by atoms with van der Waals surface area (Å²) in [6.07, 6.45) is 1.39. The largest absolute Gasteiger partial charge is 0.449 e. The van der Waals surface area contributed by atoms with Crippen molar-refractivity contribution in [3.8, 4) is 0 Å². The Hall–Kier alpha value is -1.29. The van der Waals surface area contributed by atoms with E-state index in [-0.39, 0.29) is 13.4 Å². The highest BCUT2D eigenvalue weighted by Gasteiger charge is 2.00. The molecule has 0 aliphatic rings. The molecular weight excluding hydrogens is 177 g/mol. The molecule has 0 fully saturated rings. The Bertz CT molecular complexity index is 297. The maximum atomic E-state index is 11.2. The van der Waals surface area contributed by atoms with Crippen LogP contribution >= 0.6 is 0 Å². The number of anilines is 1. The second-order valence-corrected chi connectivity index (χ2v) is 3.15. The van der Waals surface area contributed by atoms with E-state index in [1.807, 2.05) is 6.92 Å². The van der Waals surface area contributed by atoms with Gasteiger partial charge in [-0.05, 0) is 18.6 Å². The van der Waals surface area contributed by atoms with Crippen LogP contribution in [-0.2, 0) is 4.79 Å². The van der Waals surface area contributed by atoms with Crippen LogP contribution in [0.25, 0.3) is 0 Å². The molecule has 14 heavy (non-hydrogen) atoms. The highest BCUT2D eigenvalue weighted by molar-refractivity contribution is 6.45. The molecule has 1 amide bonds. The molecule has 0 aliphatic carbocycles. The molecule has 1 aromatic rings. The SMILES string of the molecule is CCCC(=O)Nc1ccc(BO)cc1. The van der Waals surface area contributed by atoms with E-state index in [1.54, 1.807) is 24.3 Å². The van der Waals surface area contributed by atoms with Gasteiger partial charge >= 0.3 is 7.48 Å². The summed E-state index contributed by atoms with van der Waals surface area (Å²) in [6.45, 7) is 1.97. The number of amides is 1. The monoisotopic (exact) mass is 191 g/mol. The third-order valence-corrected chi connectivity index (χ3v) is 1.90. The summed E-state index contributed by atoms with van der Waals surface area (Å²) in [5.41, 5.74) is 1.62. The lowest BCUT2D eigenvalue weighted by Crippen LogP contribution is -2.14. The van der Waals surface area contributed by atoms with Crippen LogP contribution in [0.4, 0.5) is 5.69 Å². The van der Waals surface area contributed by atoms with E-state index in [2.05, 4.69) is 5.32 Å². The van der Waals surface area contributed by atoms with Gasteiger partial charge in [0.15, 0.2) is 0 Å². The maximum Gasteiger partial charge on any atom is 0.304 e. The van der Waals surface area contributed by atoms with E-state index < -0.39 is 0 Å². The van der Waals surface area contributed by atoms with Gasteiger partial charge in [0, 0.05) is 12.1 Å². The zero-order valence-electron chi connectivity index (χ0n) is 8.29. The molecule has 0 heterocycles. The van der Waals surface area contributed by atoms with Gasteiger partial charge in [-0.15, -0.1) is 0 Å². The van der Waals surface area contributed by atoms with Crippen LogP contribution in [0.3, 0.4) is 0 Å². The molecule has 74 valence electrons. The quantitative estimate of drug-likeness (QED) is 0.676. The first-order valence-corrected chi connectivity index (χ1v) is 4.76. The highest BCUT2D eigenvalue weighted by atomic mass is 16.2. The van der Waals surface area contributed by atoms with E-state index in [0.29, 0.717) is 6.42 Å². The molecule has 0 bridgehead atoms. The Morgan fingerprint density at radius 2 is 2.07 bits per heavy atom. The normalized spacial score (nSPS) is 9.57. The average Bonchev–Trinajstić information content (AvgIpc) is 2.19. The van der Waals surface area contributed by atoms with Gasteiger partial charge < -0.3 is 10.3 Å². The third-order valence-electron chi connectivity index (χ3n) is 1.90. The van der Waals surface area contributed by atoms with Gasteiger partial charge in [0.2, 0.25) is 5.91 Å². The van der Waals surface area contributed by atoms with Gasteiger partial charge in [0.25, 0.3) is 0 Å². The molecule has 0 spiro atoms. The minimum Gasteiger partial charge on any atom is -0.449 e. The third kappa shape index (κ3) is 3.22. The second kappa shape index (κ2) is 5.45. The molecule has 0 atom stereocenters. The molecule has 2 N–H and O–H groups in total. The molecule has 0 saturated heterocycles. The smallest absolute Gasteiger partial charge is 0.304 e. The Balaban J connectivity index is 2.55. The lowest BCUT2D eigenvalue weighted by Gasteiger charge is -2.04. The fourth-order valence-corrected chi connectivity index (χ4v) is 1.14. The maximum absolute atomic E-state index is 11.2. The van der Waals surface area contributed by atoms with Crippen LogP contribution < -0.4 is 10.8 Å². The van der Waals surface area contributed by atoms with Gasteiger partial charge in [-0.2, -0.15) is 0 Å². The minimum atomic E-state index is 0.0309. The van der Waals surface area contributed by atoms with E-state index in [4.69, 9.17) is 5.02 Å². The van der Waals surface area contributed by atoms with Gasteiger partial charge in [-0.25, -0.2) is 0 Å². The van der Waals surface area contributed by atoms with Crippen LogP contribution in [0.15, 0.2) is 24.3 Å². The fourth-order valence-electron chi connectivity index (χ4n) is 1.14. The van der Waals surface area contributed by atoms with Crippen molar-refractivity contribution in [3.63, 3.8) is 0 Å². The number of carbonyl (C=O) groups excluding carboxylic acids is 1. The van der Waals surface area contributed by atoms with E-state index >= 15 is 0 Å². The first-order valence-electron chi connectivity index (χ1n) is 4.76. The molecule has 3 nitrogen and oxygen atoms in total. The zero-order chi connectivity index (χ0) is 10.4. The summed E-state index contributed by atoms with van der Waals surface area (Å²) in [5.74, 6) is 0.0317. The predicted molar refractivity (Wildman–Crippen MR) is 59.0 cm³/mol. The predicted octanol–water partition coefficient (Wildman–Crippen LogP) is 0.394. The lowest BCUT2D eigenvalue weighted by atomic mass is 9.89. The van der Waals surface area contributed by atoms with Crippen molar-refractivity contribution in [3.05, 3.63) is 24.3 Å². The van der Waals surface area contributed by atoms with Crippen molar-refractivity contribution in [2.75, 3.05) is 5.32 Å². The van der Waals surface area contributed by atoms with Crippen molar-refractivity contribution in [2.24, 2.45) is 0 Å². The number of nitrogens with one attached hydrogen (secondary N) is 1.